The van der Waals surface area contributed by atoms with Crippen molar-refractivity contribution in [2.45, 2.75) is 24.9 Å². The second-order valence-electron chi connectivity index (χ2n) is 7.35. The zero-order chi connectivity index (χ0) is 18.0. The Bertz CT molecular complexity index is 806. The number of nitrogens with one attached hydrogen (secondary N) is 3. The van der Waals surface area contributed by atoms with Crippen LogP contribution in [-0.4, -0.2) is 38.6 Å². The number of piperidine rings is 1. The topological polar surface area (TPSA) is 51.7 Å². The van der Waals surface area contributed by atoms with E-state index in [1.165, 1.54) is 11.3 Å². The van der Waals surface area contributed by atoms with Gasteiger partial charge in [0.05, 0.1) is 16.9 Å². The second-order valence-corrected chi connectivity index (χ2v) is 7.35. The lowest BCUT2D eigenvalue weighted by Gasteiger charge is -2.43. The molecular formula is C21H27N5. The van der Waals surface area contributed by atoms with Crippen LogP contribution in [0.3, 0.4) is 0 Å². The van der Waals surface area contributed by atoms with Crippen LogP contribution in [0, 0.1) is 0 Å². The van der Waals surface area contributed by atoms with Crippen LogP contribution in [0.15, 0.2) is 53.5 Å². The normalized spacial score (nSPS) is 17.8. The van der Waals surface area contributed by atoms with Gasteiger partial charge in [-0.25, -0.2) is 4.99 Å². The number of hydrogen-bond donors (Lipinski definition) is 3. The summed E-state index contributed by atoms with van der Waals surface area (Å²) in [6.07, 6.45) is 2.07. The summed E-state index contributed by atoms with van der Waals surface area (Å²) in [5.41, 5.74) is 4.53. The fourth-order valence-corrected chi connectivity index (χ4v) is 3.78. The van der Waals surface area contributed by atoms with Crippen molar-refractivity contribution in [3.05, 3.63) is 54.1 Å². The van der Waals surface area contributed by atoms with Crippen LogP contribution >= 0.6 is 0 Å². The molecule has 0 aromatic heterocycles. The van der Waals surface area contributed by atoms with E-state index in [2.05, 4.69) is 77.4 Å². The van der Waals surface area contributed by atoms with Crippen molar-refractivity contribution in [1.29, 1.82) is 0 Å². The number of aliphatic imine (C=N–C) groups is 1. The van der Waals surface area contributed by atoms with Crippen LogP contribution in [0.2, 0.25) is 0 Å². The number of anilines is 2. The molecule has 0 saturated carbocycles. The van der Waals surface area contributed by atoms with Crippen LogP contribution in [0.1, 0.15) is 18.4 Å². The molecule has 1 spiro atoms. The van der Waals surface area contributed by atoms with Gasteiger partial charge in [0.15, 0.2) is 0 Å². The van der Waals surface area contributed by atoms with E-state index < -0.39 is 0 Å². The van der Waals surface area contributed by atoms with Crippen LogP contribution in [0.4, 0.5) is 17.1 Å². The molecule has 2 heterocycles. The Morgan fingerprint density at radius 2 is 1.88 bits per heavy atom. The molecule has 0 radical (unpaired) electrons. The lowest BCUT2D eigenvalue weighted by Crippen LogP contribution is -2.58. The lowest BCUT2D eigenvalue weighted by atomic mass is 9.85. The summed E-state index contributed by atoms with van der Waals surface area (Å²) in [6.45, 7) is 2.79. The number of para-hydroxylation sites is 2. The summed E-state index contributed by atoms with van der Waals surface area (Å²) in [5, 5.41) is 10.9. The molecule has 26 heavy (non-hydrogen) atoms. The van der Waals surface area contributed by atoms with Gasteiger partial charge in [-0.3, -0.25) is 0 Å². The molecular weight excluding hydrogens is 322 g/mol. The molecule has 1 fully saturated rings. The van der Waals surface area contributed by atoms with Crippen LogP contribution in [0.25, 0.3) is 0 Å². The van der Waals surface area contributed by atoms with E-state index in [1.807, 2.05) is 6.07 Å². The van der Waals surface area contributed by atoms with E-state index in [-0.39, 0.29) is 5.54 Å². The maximum Gasteiger partial charge on any atom is 0.128 e. The fourth-order valence-electron chi connectivity index (χ4n) is 3.78. The quantitative estimate of drug-likeness (QED) is 0.797. The van der Waals surface area contributed by atoms with Crippen molar-refractivity contribution < 1.29 is 0 Å². The second kappa shape index (κ2) is 7.00. The van der Waals surface area contributed by atoms with Gasteiger partial charge in [0.25, 0.3) is 0 Å². The molecule has 1 saturated heterocycles. The number of hydrogen-bond acceptors (Lipinski definition) is 5. The van der Waals surface area contributed by atoms with E-state index in [0.717, 1.165) is 49.7 Å². The summed E-state index contributed by atoms with van der Waals surface area (Å²) < 4.78 is 0. The predicted octanol–water partition coefficient (Wildman–Crippen LogP) is 3.12. The molecule has 0 atom stereocenters. The lowest BCUT2D eigenvalue weighted by molar-refractivity contribution is 0.412. The van der Waals surface area contributed by atoms with Crippen LogP contribution < -0.4 is 20.9 Å². The molecule has 4 rings (SSSR count). The Morgan fingerprint density at radius 1 is 1.08 bits per heavy atom. The average molecular weight is 349 g/mol. The number of rotatable bonds is 3. The summed E-state index contributed by atoms with van der Waals surface area (Å²) >= 11 is 0. The molecule has 2 aromatic rings. The van der Waals surface area contributed by atoms with E-state index >= 15 is 0 Å². The molecule has 2 aromatic carbocycles. The monoisotopic (exact) mass is 349 g/mol. The molecule has 2 aliphatic rings. The van der Waals surface area contributed by atoms with Gasteiger partial charge < -0.3 is 20.9 Å². The highest BCUT2D eigenvalue weighted by molar-refractivity contribution is 6.00. The number of amidine groups is 1. The van der Waals surface area contributed by atoms with Gasteiger partial charge in [0, 0.05) is 26.3 Å². The third-order valence-corrected chi connectivity index (χ3v) is 5.31. The fraction of sp³-hybridized carbons (Fsp3) is 0.381. The largest absolute Gasteiger partial charge is 0.378 e. The highest BCUT2D eigenvalue weighted by Gasteiger charge is 2.40. The number of nitrogens with zero attached hydrogens (tertiary/aromatic N) is 2. The van der Waals surface area contributed by atoms with Crippen molar-refractivity contribution in [3.8, 4) is 0 Å². The highest BCUT2D eigenvalue weighted by atomic mass is 15.2. The van der Waals surface area contributed by atoms with Gasteiger partial charge in [-0.05, 0) is 55.8 Å². The third-order valence-electron chi connectivity index (χ3n) is 5.31. The Balaban J connectivity index is 1.60. The maximum absolute atomic E-state index is 5.00. The first-order valence-corrected chi connectivity index (χ1v) is 9.34. The minimum atomic E-state index is -0.0985. The predicted molar refractivity (Wildman–Crippen MR) is 110 cm³/mol. The molecule has 0 bridgehead atoms. The van der Waals surface area contributed by atoms with Gasteiger partial charge in [0.1, 0.15) is 5.84 Å². The first kappa shape index (κ1) is 16.9. The van der Waals surface area contributed by atoms with Crippen molar-refractivity contribution >= 4 is 22.9 Å². The van der Waals surface area contributed by atoms with Gasteiger partial charge in [-0.15, -0.1) is 0 Å². The van der Waals surface area contributed by atoms with Crippen molar-refractivity contribution in [3.63, 3.8) is 0 Å². The van der Waals surface area contributed by atoms with E-state index in [1.54, 1.807) is 0 Å². The molecule has 0 unspecified atom stereocenters. The smallest absolute Gasteiger partial charge is 0.128 e. The first-order chi connectivity index (χ1) is 12.7. The summed E-state index contributed by atoms with van der Waals surface area (Å²) in [7, 11) is 4.14. The van der Waals surface area contributed by atoms with Gasteiger partial charge in [-0.1, -0.05) is 24.3 Å². The van der Waals surface area contributed by atoms with Gasteiger partial charge in [0.2, 0.25) is 0 Å². The summed E-state index contributed by atoms with van der Waals surface area (Å²) in [6, 6.07) is 17.0. The average Bonchev–Trinajstić information content (AvgIpc) is 2.67. The molecule has 0 amide bonds. The van der Waals surface area contributed by atoms with Crippen LogP contribution in [0.5, 0.6) is 0 Å². The number of benzene rings is 2. The van der Waals surface area contributed by atoms with E-state index in [9.17, 15) is 0 Å². The third kappa shape index (κ3) is 3.27. The Hall–Kier alpha value is -2.53. The molecule has 3 N–H and O–H groups in total. The first-order valence-electron chi connectivity index (χ1n) is 9.34. The van der Waals surface area contributed by atoms with E-state index in [0.29, 0.717) is 0 Å². The van der Waals surface area contributed by atoms with Gasteiger partial charge >= 0.3 is 0 Å². The number of fused-ring (bicyclic) bond motifs is 1. The minimum Gasteiger partial charge on any atom is -0.378 e. The summed E-state index contributed by atoms with van der Waals surface area (Å²) in [4.78, 5) is 7.13. The Labute approximate surface area is 155 Å². The Morgan fingerprint density at radius 3 is 2.69 bits per heavy atom. The molecule has 2 aliphatic heterocycles. The standard InChI is InChI=1S/C21H27N5/c1-26(2)17-7-5-6-16(14-17)15-23-20-21(10-12-22-13-11-21)25-19-9-4-3-8-18(19)24-20/h3-9,14,22,25H,10-13,15H2,1-2H3,(H,23,24). The van der Waals surface area contributed by atoms with Gasteiger partial charge in [-0.2, -0.15) is 0 Å². The summed E-state index contributed by atoms with van der Waals surface area (Å²) in [5.74, 6) is 1.06. The van der Waals surface area contributed by atoms with Crippen molar-refractivity contribution in [2.24, 2.45) is 4.99 Å². The maximum atomic E-state index is 5.00. The SMILES string of the molecule is CN(C)c1cccc(CNC2=Nc3ccccc3NC23CCNCC3)c1. The highest BCUT2D eigenvalue weighted by Crippen LogP contribution is 2.36. The molecule has 5 nitrogen and oxygen atoms in total. The zero-order valence-corrected chi connectivity index (χ0v) is 15.5. The van der Waals surface area contributed by atoms with Crippen molar-refractivity contribution in [1.82, 2.24) is 10.6 Å². The Kier molecular flexibility index (Phi) is 4.55. The minimum absolute atomic E-state index is 0.0985. The van der Waals surface area contributed by atoms with Crippen LogP contribution in [-0.2, 0) is 6.54 Å². The zero-order valence-electron chi connectivity index (χ0n) is 15.5. The molecule has 136 valence electrons. The molecule has 5 heteroatoms. The molecule has 0 aliphatic carbocycles. The van der Waals surface area contributed by atoms with E-state index in [4.69, 9.17) is 4.99 Å². The van der Waals surface area contributed by atoms with Crippen molar-refractivity contribution in [2.75, 3.05) is 37.4 Å².